The van der Waals surface area contributed by atoms with Gasteiger partial charge >= 0.3 is 0 Å². The fraction of sp³-hybridized carbons (Fsp3) is 0.0909. The van der Waals surface area contributed by atoms with Gasteiger partial charge < -0.3 is 5.32 Å². The van der Waals surface area contributed by atoms with E-state index in [-0.39, 0.29) is 10.7 Å². The Morgan fingerprint density at radius 1 is 1.31 bits per heavy atom. The van der Waals surface area contributed by atoms with Gasteiger partial charge in [-0.2, -0.15) is 5.10 Å². The summed E-state index contributed by atoms with van der Waals surface area (Å²) in [6.07, 6.45) is 0. The molecule has 16 heavy (non-hydrogen) atoms. The average Bonchev–Trinajstić information content (AvgIpc) is 2.32. The second kappa shape index (κ2) is 4.81. The summed E-state index contributed by atoms with van der Waals surface area (Å²) in [6.45, 7) is 0.574. The molecule has 1 aromatic heterocycles. The second-order valence-electron chi connectivity index (χ2n) is 3.27. The first-order valence-corrected chi connectivity index (χ1v) is 5.16. The lowest BCUT2D eigenvalue weighted by atomic mass is 10.2. The first-order chi connectivity index (χ1) is 7.75. The summed E-state index contributed by atoms with van der Waals surface area (Å²) in [5.41, 5.74) is 1.24. The average molecular weight is 236 g/mol. The van der Waals surface area contributed by atoms with Gasteiger partial charge in [-0.05, 0) is 5.56 Å². The fourth-order valence-electron chi connectivity index (χ4n) is 1.31. The summed E-state index contributed by atoms with van der Waals surface area (Å²) in [4.78, 5) is 11.4. The molecule has 0 aliphatic carbocycles. The molecule has 0 fully saturated rings. The minimum Gasteiger partial charge on any atom is -0.376 e. The number of anilines is 1. The van der Waals surface area contributed by atoms with Crippen molar-refractivity contribution in [1.82, 2.24) is 10.2 Å². The Kier molecular flexibility index (Phi) is 3.22. The predicted molar refractivity (Wildman–Crippen MR) is 63.6 cm³/mol. The quantitative estimate of drug-likeness (QED) is 0.856. The van der Waals surface area contributed by atoms with Gasteiger partial charge in [0.1, 0.15) is 5.69 Å². The lowest BCUT2D eigenvalue weighted by Crippen LogP contribution is -2.15. The van der Waals surface area contributed by atoms with Crippen molar-refractivity contribution in [2.45, 2.75) is 6.54 Å². The van der Waals surface area contributed by atoms with E-state index in [9.17, 15) is 4.79 Å². The molecule has 0 aliphatic rings. The molecule has 0 radical (unpaired) electrons. The molecule has 0 atom stereocenters. The third-order valence-electron chi connectivity index (χ3n) is 2.10. The number of H-pyrrole nitrogens is 1. The third-order valence-corrected chi connectivity index (χ3v) is 2.29. The van der Waals surface area contributed by atoms with Crippen LogP contribution < -0.4 is 10.9 Å². The van der Waals surface area contributed by atoms with Crippen molar-refractivity contribution in [2.75, 3.05) is 5.32 Å². The maximum absolute atomic E-state index is 11.4. The number of nitrogens with zero attached hydrogens (tertiary/aromatic N) is 1. The highest BCUT2D eigenvalue weighted by Crippen LogP contribution is 2.08. The summed E-state index contributed by atoms with van der Waals surface area (Å²) in [6, 6.07) is 11.3. The normalized spacial score (nSPS) is 10.1. The zero-order valence-corrected chi connectivity index (χ0v) is 9.16. The summed E-state index contributed by atoms with van der Waals surface area (Å²) in [7, 11) is 0. The van der Waals surface area contributed by atoms with Crippen LogP contribution in [0.15, 0.2) is 41.2 Å². The summed E-state index contributed by atoms with van der Waals surface area (Å²) >= 11 is 5.68. The van der Waals surface area contributed by atoms with Gasteiger partial charge in [-0.3, -0.25) is 4.79 Å². The molecular weight excluding hydrogens is 226 g/mol. The number of hydrogen-bond donors (Lipinski definition) is 2. The van der Waals surface area contributed by atoms with Crippen LogP contribution in [0.25, 0.3) is 0 Å². The van der Waals surface area contributed by atoms with Gasteiger partial charge in [0.05, 0.1) is 0 Å². The zero-order chi connectivity index (χ0) is 11.4. The Bertz CT molecular complexity index is 524. The highest BCUT2D eigenvalue weighted by molar-refractivity contribution is 6.29. The molecule has 5 heteroatoms. The van der Waals surface area contributed by atoms with Gasteiger partial charge in [-0.25, -0.2) is 5.10 Å². The summed E-state index contributed by atoms with van der Waals surface area (Å²) < 4.78 is 0. The lowest BCUT2D eigenvalue weighted by molar-refractivity contribution is 0.979. The molecule has 0 bridgehead atoms. The van der Waals surface area contributed by atoms with Crippen LogP contribution in [-0.4, -0.2) is 10.2 Å². The van der Waals surface area contributed by atoms with Gasteiger partial charge in [0.2, 0.25) is 0 Å². The summed E-state index contributed by atoms with van der Waals surface area (Å²) in [5, 5.41) is 9.15. The van der Waals surface area contributed by atoms with Crippen molar-refractivity contribution in [1.29, 1.82) is 0 Å². The molecule has 0 aliphatic heterocycles. The number of aromatic nitrogens is 2. The molecule has 0 saturated carbocycles. The SMILES string of the molecule is O=c1[nH]nc(Cl)cc1NCc1ccccc1. The maximum Gasteiger partial charge on any atom is 0.287 e. The van der Waals surface area contributed by atoms with Crippen LogP contribution in [0.3, 0.4) is 0 Å². The molecule has 0 amide bonds. The Hall–Kier alpha value is -1.81. The van der Waals surface area contributed by atoms with E-state index in [0.717, 1.165) is 5.56 Å². The molecule has 0 saturated heterocycles. The first-order valence-electron chi connectivity index (χ1n) is 4.79. The minimum atomic E-state index is -0.277. The Morgan fingerprint density at radius 3 is 2.81 bits per heavy atom. The predicted octanol–water partition coefficient (Wildman–Crippen LogP) is 2.04. The number of nitrogens with one attached hydrogen (secondary N) is 2. The van der Waals surface area contributed by atoms with Crippen molar-refractivity contribution in [3.8, 4) is 0 Å². The molecule has 0 unspecified atom stereocenters. The molecule has 4 nitrogen and oxygen atoms in total. The molecular formula is C11H10ClN3O. The van der Waals surface area contributed by atoms with Gasteiger partial charge in [0.25, 0.3) is 5.56 Å². The van der Waals surface area contributed by atoms with Gasteiger partial charge in [0.15, 0.2) is 5.15 Å². The van der Waals surface area contributed by atoms with E-state index in [0.29, 0.717) is 12.2 Å². The molecule has 2 aromatic rings. The zero-order valence-electron chi connectivity index (χ0n) is 8.40. The van der Waals surface area contributed by atoms with Crippen LogP contribution in [0, 0.1) is 0 Å². The van der Waals surface area contributed by atoms with Gasteiger partial charge in [-0.1, -0.05) is 41.9 Å². The molecule has 2 rings (SSSR count). The molecule has 2 N–H and O–H groups in total. The largest absolute Gasteiger partial charge is 0.376 e. The van der Waals surface area contributed by atoms with Crippen molar-refractivity contribution < 1.29 is 0 Å². The molecule has 0 spiro atoms. The Morgan fingerprint density at radius 2 is 2.06 bits per heavy atom. The number of aromatic amines is 1. The van der Waals surface area contributed by atoms with Crippen molar-refractivity contribution in [3.05, 3.63) is 57.5 Å². The fourth-order valence-corrected chi connectivity index (χ4v) is 1.46. The van der Waals surface area contributed by atoms with E-state index in [1.54, 1.807) is 0 Å². The van der Waals surface area contributed by atoms with Crippen molar-refractivity contribution in [2.24, 2.45) is 0 Å². The second-order valence-corrected chi connectivity index (χ2v) is 3.66. The maximum atomic E-state index is 11.4. The van der Waals surface area contributed by atoms with Crippen LogP contribution in [0.1, 0.15) is 5.56 Å². The molecule has 82 valence electrons. The van der Waals surface area contributed by atoms with Crippen LogP contribution in [0.2, 0.25) is 5.15 Å². The van der Waals surface area contributed by atoms with E-state index in [4.69, 9.17) is 11.6 Å². The van der Waals surface area contributed by atoms with E-state index in [1.165, 1.54) is 6.07 Å². The lowest BCUT2D eigenvalue weighted by Gasteiger charge is -2.04. The highest BCUT2D eigenvalue weighted by Gasteiger charge is 2.00. The molecule has 1 aromatic carbocycles. The first kappa shape index (κ1) is 10.7. The number of halogens is 1. The van der Waals surface area contributed by atoms with E-state index in [2.05, 4.69) is 15.5 Å². The third kappa shape index (κ3) is 2.61. The Labute approximate surface area is 97.3 Å². The van der Waals surface area contributed by atoms with Crippen LogP contribution >= 0.6 is 11.6 Å². The minimum absolute atomic E-state index is 0.259. The van der Waals surface area contributed by atoms with Crippen LogP contribution in [0.5, 0.6) is 0 Å². The van der Waals surface area contributed by atoms with E-state index in [1.807, 2.05) is 30.3 Å². The van der Waals surface area contributed by atoms with Gasteiger partial charge in [-0.15, -0.1) is 0 Å². The number of benzene rings is 1. The monoisotopic (exact) mass is 235 g/mol. The number of hydrogen-bond acceptors (Lipinski definition) is 3. The van der Waals surface area contributed by atoms with Crippen LogP contribution in [0.4, 0.5) is 5.69 Å². The van der Waals surface area contributed by atoms with Gasteiger partial charge in [0, 0.05) is 12.6 Å². The topological polar surface area (TPSA) is 57.8 Å². The summed E-state index contributed by atoms with van der Waals surface area (Å²) in [5.74, 6) is 0. The Balaban J connectivity index is 2.11. The van der Waals surface area contributed by atoms with Crippen LogP contribution in [-0.2, 0) is 6.54 Å². The smallest absolute Gasteiger partial charge is 0.287 e. The van der Waals surface area contributed by atoms with Crippen molar-refractivity contribution >= 4 is 17.3 Å². The standard InChI is InChI=1S/C11H10ClN3O/c12-10-6-9(11(16)15-14-10)13-7-8-4-2-1-3-5-8/h1-6H,7H2,(H,13,14)(H,15,16). The van der Waals surface area contributed by atoms with E-state index < -0.39 is 0 Å². The number of rotatable bonds is 3. The van der Waals surface area contributed by atoms with E-state index >= 15 is 0 Å². The van der Waals surface area contributed by atoms with Crippen molar-refractivity contribution in [3.63, 3.8) is 0 Å². The molecule has 1 heterocycles. The highest BCUT2D eigenvalue weighted by atomic mass is 35.5.